The number of piperazine rings is 2. The summed E-state index contributed by atoms with van der Waals surface area (Å²) >= 11 is 0. The van der Waals surface area contributed by atoms with Crippen LogP contribution in [0.3, 0.4) is 0 Å². The summed E-state index contributed by atoms with van der Waals surface area (Å²) in [7, 11) is 0. The summed E-state index contributed by atoms with van der Waals surface area (Å²) in [4.78, 5) is 26.8. The van der Waals surface area contributed by atoms with Gasteiger partial charge in [-0.2, -0.15) is 0 Å². The van der Waals surface area contributed by atoms with E-state index in [4.69, 9.17) is 0 Å². The van der Waals surface area contributed by atoms with E-state index in [1.165, 1.54) is 0 Å². The lowest BCUT2D eigenvalue weighted by molar-refractivity contribution is -0.139. The van der Waals surface area contributed by atoms with Crippen LogP contribution in [0.2, 0.25) is 0 Å². The lowest BCUT2D eigenvalue weighted by Gasteiger charge is -2.31. The molecule has 0 bridgehead atoms. The molecular weight excluding hydrogens is 208 g/mol. The third kappa shape index (κ3) is 2.93. The zero-order valence-corrected chi connectivity index (χ0v) is 9.37. The van der Waals surface area contributed by atoms with Gasteiger partial charge in [-0.05, 0) is 0 Å². The van der Waals surface area contributed by atoms with Gasteiger partial charge in [-0.1, -0.05) is 0 Å². The van der Waals surface area contributed by atoms with Gasteiger partial charge in [0.05, 0.1) is 13.1 Å². The van der Waals surface area contributed by atoms with E-state index in [9.17, 15) is 9.59 Å². The predicted molar refractivity (Wildman–Crippen MR) is 58.9 cm³/mol. The minimum atomic E-state index is -0.0556. The molecule has 2 rings (SSSR count). The molecule has 2 saturated heterocycles. The van der Waals surface area contributed by atoms with Gasteiger partial charge in [0.15, 0.2) is 0 Å². The molecule has 0 aromatic heterocycles. The molecule has 2 amide bonds. The molecule has 0 aromatic rings. The molecule has 0 atom stereocenters. The molecule has 6 heteroatoms. The van der Waals surface area contributed by atoms with Crippen LogP contribution in [0.1, 0.15) is 0 Å². The quantitative estimate of drug-likeness (QED) is 0.563. The monoisotopic (exact) mass is 226 g/mol. The number of hydrogen-bond donors (Lipinski definition) is 2. The van der Waals surface area contributed by atoms with Crippen molar-refractivity contribution in [1.82, 2.24) is 20.4 Å². The zero-order valence-electron chi connectivity index (χ0n) is 9.37. The van der Waals surface area contributed by atoms with E-state index < -0.39 is 0 Å². The first-order valence-electron chi connectivity index (χ1n) is 5.73. The molecule has 90 valence electrons. The molecule has 0 spiro atoms. The summed E-state index contributed by atoms with van der Waals surface area (Å²) in [6, 6.07) is 0. The Labute approximate surface area is 95.0 Å². The molecule has 0 saturated carbocycles. The van der Waals surface area contributed by atoms with Crippen LogP contribution in [0, 0.1) is 0 Å². The molecule has 2 heterocycles. The molecular formula is C10H18N4O2. The normalized spacial score (nSPS) is 23.0. The summed E-state index contributed by atoms with van der Waals surface area (Å²) in [5.41, 5.74) is 0. The number of hydrogen-bond acceptors (Lipinski definition) is 4. The van der Waals surface area contributed by atoms with Gasteiger partial charge < -0.3 is 15.5 Å². The molecule has 2 N–H and O–H groups in total. The van der Waals surface area contributed by atoms with Crippen molar-refractivity contribution in [3.05, 3.63) is 0 Å². The summed E-state index contributed by atoms with van der Waals surface area (Å²) in [6.45, 7) is 5.56. The highest BCUT2D eigenvalue weighted by Gasteiger charge is 2.23. The van der Waals surface area contributed by atoms with E-state index in [0.717, 1.165) is 26.2 Å². The highest BCUT2D eigenvalue weighted by atomic mass is 16.2. The number of carbonyl (C=O) groups excluding carboxylic acids is 2. The molecule has 2 aliphatic rings. The zero-order chi connectivity index (χ0) is 11.4. The van der Waals surface area contributed by atoms with Crippen LogP contribution in [-0.4, -0.2) is 74.0 Å². The molecule has 16 heavy (non-hydrogen) atoms. The first-order valence-corrected chi connectivity index (χ1v) is 5.73. The van der Waals surface area contributed by atoms with Crippen molar-refractivity contribution in [2.75, 3.05) is 52.4 Å². The smallest absolute Gasteiger partial charge is 0.239 e. The van der Waals surface area contributed by atoms with Gasteiger partial charge in [-0.3, -0.25) is 14.5 Å². The SMILES string of the molecule is O=C1CN(C(=O)CN2CCNCC2)CCN1. The van der Waals surface area contributed by atoms with Crippen LogP contribution in [0.5, 0.6) is 0 Å². The van der Waals surface area contributed by atoms with Crippen LogP contribution in [0.25, 0.3) is 0 Å². The number of amides is 2. The van der Waals surface area contributed by atoms with Crippen molar-refractivity contribution >= 4 is 11.8 Å². The van der Waals surface area contributed by atoms with Crippen LogP contribution in [-0.2, 0) is 9.59 Å². The summed E-state index contributed by atoms with van der Waals surface area (Å²) in [6.07, 6.45) is 0. The van der Waals surface area contributed by atoms with Crippen molar-refractivity contribution in [3.8, 4) is 0 Å². The number of nitrogens with zero attached hydrogens (tertiary/aromatic N) is 2. The van der Waals surface area contributed by atoms with E-state index in [1.54, 1.807) is 4.90 Å². The van der Waals surface area contributed by atoms with E-state index in [0.29, 0.717) is 19.6 Å². The Hall–Kier alpha value is -1.14. The maximum atomic E-state index is 11.9. The maximum absolute atomic E-state index is 11.9. The Morgan fingerprint density at radius 2 is 1.94 bits per heavy atom. The molecule has 0 radical (unpaired) electrons. The van der Waals surface area contributed by atoms with Gasteiger partial charge in [-0.25, -0.2) is 0 Å². The number of nitrogens with one attached hydrogen (secondary N) is 2. The topological polar surface area (TPSA) is 64.7 Å². The fourth-order valence-corrected chi connectivity index (χ4v) is 2.01. The highest BCUT2D eigenvalue weighted by Crippen LogP contribution is 1.98. The summed E-state index contributed by atoms with van der Waals surface area (Å²) in [5, 5.41) is 5.96. The summed E-state index contributed by atoms with van der Waals surface area (Å²) in [5.74, 6) is 0.0108. The second-order valence-corrected chi connectivity index (χ2v) is 4.19. The Kier molecular flexibility index (Phi) is 3.74. The third-order valence-electron chi connectivity index (χ3n) is 2.96. The minimum absolute atomic E-state index is 0.0556. The molecule has 0 aromatic carbocycles. The van der Waals surface area contributed by atoms with Gasteiger partial charge in [0.25, 0.3) is 0 Å². The summed E-state index contributed by atoms with van der Waals surface area (Å²) < 4.78 is 0. The van der Waals surface area contributed by atoms with E-state index in [-0.39, 0.29) is 18.4 Å². The van der Waals surface area contributed by atoms with Gasteiger partial charge in [0.2, 0.25) is 11.8 Å². The molecule has 6 nitrogen and oxygen atoms in total. The third-order valence-corrected chi connectivity index (χ3v) is 2.96. The van der Waals surface area contributed by atoms with Crippen LogP contribution < -0.4 is 10.6 Å². The van der Waals surface area contributed by atoms with Crippen molar-refractivity contribution in [2.45, 2.75) is 0 Å². The minimum Gasteiger partial charge on any atom is -0.353 e. The lowest BCUT2D eigenvalue weighted by Crippen LogP contribution is -2.54. The van der Waals surface area contributed by atoms with Crippen molar-refractivity contribution in [3.63, 3.8) is 0 Å². The Morgan fingerprint density at radius 1 is 1.19 bits per heavy atom. The average molecular weight is 226 g/mol. The fraction of sp³-hybridized carbons (Fsp3) is 0.800. The van der Waals surface area contributed by atoms with Crippen LogP contribution in [0.4, 0.5) is 0 Å². The first kappa shape index (κ1) is 11.3. The Balaban J connectivity index is 1.79. The van der Waals surface area contributed by atoms with Gasteiger partial charge in [0, 0.05) is 39.3 Å². The Bertz CT molecular complexity index is 276. The maximum Gasteiger partial charge on any atom is 0.239 e. The largest absolute Gasteiger partial charge is 0.353 e. The Morgan fingerprint density at radius 3 is 2.62 bits per heavy atom. The van der Waals surface area contributed by atoms with Crippen molar-refractivity contribution in [2.24, 2.45) is 0 Å². The van der Waals surface area contributed by atoms with Crippen LogP contribution >= 0.6 is 0 Å². The standard InChI is InChI=1S/C10H18N4O2/c15-9-7-14(6-3-12-9)10(16)8-13-4-1-11-2-5-13/h11H,1-8H2,(H,12,15). The molecule has 0 aliphatic carbocycles. The second kappa shape index (κ2) is 5.27. The molecule has 0 unspecified atom stereocenters. The molecule has 2 aliphatic heterocycles. The lowest BCUT2D eigenvalue weighted by atomic mass is 10.3. The van der Waals surface area contributed by atoms with Gasteiger partial charge >= 0.3 is 0 Å². The predicted octanol–water partition coefficient (Wildman–Crippen LogP) is -2.15. The van der Waals surface area contributed by atoms with Crippen molar-refractivity contribution < 1.29 is 9.59 Å². The first-order chi connectivity index (χ1) is 7.75. The fourth-order valence-electron chi connectivity index (χ4n) is 2.01. The van der Waals surface area contributed by atoms with E-state index in [1.807, 2.05) is 0 Å². The van der Waals surface area contributed by atoms with Crippen molar-refractivity contribution in [1.29, 1.82) is 0 Å². The van der Waals surface area contributed by atoms with Gasteiger partial charge in [-0.15, -0.1) is 0 Å². The second-order valence-electron chi connectivity index (χ2n) is 4.19. The number of rotatable bonds is 2. The highest BCUT2D eigenvalue weighted by molar-refractivity contribution is 5.86. The van der Waals surface area contributed by atoms with E-state index >= 15 is 0 Å². The number of carbonyl (C=O) groups is 2. The molecule has 2 fully saturated rings. The average Bonchev–Trinajstić information content (AvgIpc) is 2.30. The van der Waals surface area contributed by atoms with Gasteiger partial charge in [0.1, 0.15) is 0 Å². The van der Waals surface area contributed by atoms with Crippen LogP contribution in [0.15, 0.2) is 0 Å². The van der Waals surface area contributed by atoms with E-state index in [2.05, 4.69) is 15.5 Å².